The highest BCUT2D eigenvalue weighted by atomic mass is 19.3. The number of hydrogen-bond donors (Lipinski definition) is 1. The predicted octanol–water partition coefficient (Wildman–Crippen LogP) is 1.15. The maximum absolute atomic E-state index is 12.2. The Morgan fingerprint density at radius 2 is 2.29 bits per heavy atom. The minimum absolute atomic E-state index is 0.0301. The zero-order chi connectivity index (χ0) is 13.0. The molecule has 0 bridgehead atoms. The van der Waals surface area contributed by atoms with Gasteiger partial charge in [0.05, 0.1) is 24.9 Å². The number of ether oxygens (including phenoxy) is 1. The molecule has 0 saturated carbocycles. The number of carbonyl (C=O) groups is 1. The van der Waals surface area contributed by atoms with Crippen molar-refractivity contribution in [3.8, 4) is 0 Å². The largest absolute Gasteiger partial charge is 0.465 e. The Balaban J connectivity index is 3.05. The van der Waals surface area contributed by atoms with Gasteiger partial charge in [-0.05, 0) is 6.07 Å². The number of nitrogens with zero attached hydrogens (tertiary/aromatic N) is 2. The molecule has 7 heteroatoms. The van der Waals surface area contributed by atoms with Gasteiger partial charge in [0.1, 0.15) is 0 Å². The molecular weight excluding hydrogens is 232 g/mol. The Hall–Kier alpha value is -1.92. The molecule has 0 aliphatic heterocycles. The summed E-state index contributed by atoms with van der Waals surface area (Å²) >= 11 is 0. The molecule has 0 radical (unpaired) electrons. The first-order valence-corrected chi connectivity index (χ1v) is 4.79. The molecule has 0 unspecified atom stereocenters. The molecule has 0 aromatic carbocycles. The number of nitrogen functional groups attached to an aromatic ring is 1. The predicted molar refractivity (Wildman–Crippen MR) is 59.3 cm³/mol. The molecule has 0 saturated heterocycles. The van der Waals surface area contributed by atoms with Crippen molar-refractivity contribution in [1.82, 2.24) is 4.98 Å². The number of halogens is 2. The van der Waals surface area contributed by atoms with Crippen LogP contribution in [0.2, 0.25) is 0 Å². The highest BCUT2D eigenvalue weighted by molar-refractivity contribution is 5.97. The van der Waals surface area contributed by atoms with Crippen LogP contribution in [0.1, 0.15) is 10.4 Å². The van der Waals surface area contributed by atoms with E-state index in [1.807, 2.05) is 0 Å². The first-order valence-electron chi connectivity index (χ1n) is 4.79. The number of anilines is 2. The first kappa shape index (κ1) is 13.1. The fraction of sp³-hybridized carbons (Fsp3) is 0.400. The van der Waals surface area contributed by atoms with Gasteiger partial charge in [0.15, 0.2) is 5.82 Å². The van der Waals surface area contributed by atoms with E-state index < -0.39 is 18.9 Å². The number of carbonyl (C=O) groups excluding carboxylic acids is 1. The summed E-state index contributed by atoms with van der Waals surface area (Å²) in [6.07, 6.45) is -1.19. The topological polar surface area (TPSA) is 68.5 Å². The molecule has 1 heterocycles. The Kier molecular flexibility index (Phi) is 4.19. The number of hydrogen-bond acceptors (Lipinski definition) is 5. The fourth-order valence-electron chi connectivity index (χ4n) is 1.35. The lowest BCUT2D eigenvalue weighted by Gasteiger charge is -2.20. The molecule has 0 atom stereocenters. The SMILES string of the molecule is COC(=O)c1ccnc(N(C)CC(F)F)c1N. The van der Waals surface area contributed by atoms with Crippen LogP contribution in [0.3, 0.4) is 0 Å². The molecule has 17 heavy (non-hydrogen) atoms. The Bertz CT molecular complexity index is 413. The summed E-state index contributed by atoms with van der Waals surface area (Å²) in [6, 6.07) is 1.38. The quantitative estimate of drug-likeness (QED) is 0.806. The van der Waals surface area contributed by atoms with Gasteiger partial charge in [-0.3, -0.25) is 0 Å². The van der Waals surface area contributed by atoms with Crippen LogP contribution in [0, 0.1) is 0 Å². The lowest BCUT2D eigenvalue weighted by molar-refractivity contribution is 0.0602. The van der Waals surface area contributed by atoms with E-state index in [1.165, 1.54) is 31.3 Å². The summed E-state index contributed by atoms with van der Waals surface area (Å²) in [6.45, 7) is -0.512. The van der Waals surface area contributed by atoms with Crippen molar-refractivity contribution < 1.29 is 18.3 Å². The van der Waals surface area contributed by atoms with Crippen LogP contribution in [0.4, 0.5) is 20.3 Å². The van der Waals surface area contributed by atoms with Gasteiger partial charge in [0.25, 0.3) is 6.43 Å². The minimum Gasteiger partial charge on any atom is -0.465 e. The third kappa shape index (κ3) is 3.02. The van der Waals surface area contributed by atoms with Gasteiger partial charge >= 0.3 is 5.97 Å². The Morgan fingerprint density at radius 1 is 1.65 bits per heavy atom. The lowest BCUT2D eigenvalue weighted by atomic mass is 10.2. The highest BCUT2D eigenvalue weighted by Crippen LogP contribution is 2.23. The van der Waals surface area contributed by atoms with E-state index in [-0.39, 0.29) is 17.1 Å². The van der Waals surface area contributed by atoms with E-state index in [0.29, 0.717) is 0 Å². The average molecular weight is 245 g/mol. The van der Waals surface area contributed by atoms with E-state index in [1.54, 1.807) is 0 Å². The Labute approximate surface area is 97.2 Å². The molecular formula is C10H13F2N3O2. The van der Waals surface area contributed by atoms with Crippen LogP contribution in [-0.2, 0) is 4.74 Å². The molecule has 0 spiro atoms. The van der Waals surface area contributed by atoms with Gasteiger partial charge in [0, 0.05) is 13.2 Å². The zero-order valence-electron chi connectivity index (χ0n) is 9.48. The number of alkyl halides is 2. The van der Waals surface area contributed by atoms with Crippen molar-refractivity contribution in [2.24, 2.45) is 0 Å². The van der Waals surface area contributed by atoms with Crippen LogP contribution in [-0.4, -0.2) is 38.1 Å². The summed E-state index contributed by atoms with van der Waals surface area (Å²) < 4.78 is 29.0. The van der Waals surface area contributed by atoms with Crippen molar-refractivity contribution in [1.29, 1.82) is 0 Å². The number of esters is 1. The van der Waals surface area contributed by atoms with Crippen molar-refractivity contribution in [3.63, 3.8) is 0 Å². The van der Waals surface area contributed by atoms with Crippen LogP contribution in [0.25, 0.3) is 0 Å². The highest BCUT2D eigenvalue weighted by Gasteiger charge is 2.18. The van der Waals surface area contributed by atoms with Crippen molar-refractivity contribution in [2.75, 3.05) is 31.3 Å². The van der Waals surface area contributed by atoms with E-state index in [0.717, 1.165) is 0 Å². The van der Waals surface area contributed by atoms with Crippen LogP contribution in [0.5, 0.6) is 0 Å². The third-order valence-corrected chi connectivity index (χ3v) is 2.15. The second-order valence-electron chi connectivity index (χ2n) is 3.36. The normalized spacial score (nSPS) is 10.4. The average Bonchev–Trinajstić information content (AvgIpc) is 2.27. The van der Waals surface area contributed by atoms with Crippen LogP contribution in [0.15, 0.2) is 12.3 Å². The standard InChI is InChI=1S/C10H13F2N3O2/c1-15(5-7(11)12)9-8(13)6(3-4-14-9)10(16)17-2/h3-4,7H,5,13H2,1-2H3. The van der Waals surface area contributed by atoms with Crippen molar-refractivity contribution in [2.45, 2.75) is 6.43 Å². The van der Waals surface area contributed by atoms with Gasteiger partial charge in [-0.1, -0.05) is 0 Å². The van der Waals surface area contributed by atoms with Gasteiger partial charge < -0.3 is 15.4 Å². The van der Waals surface area contributed by atoms with Gasteiger partial charge in [-0.15, -0.1) is 0 Å². The van der Waals surface area contributed by atoms with E-state index >= 15 is 0 Å². The fourth-order valence-corrected chi connectivity index (χ4v) is 1.35. The van der Waals surface area contributed by atoms with Gasteiger partial charge in [0.2, 0.25) is 0 Å². The molecule has 1 rings (SSSR count). The van der Waals surface area contributed by atoms with E-state index in [2.05, 4.69) is 9.72 Å². The smallest absolute Gasteiger partial charge is 0.340 e. The molecule has 5 nitrogen and oxygen atoms in total. The lowest BCUT2D eigenvalue weighted by Crippen LogP contribution is -2.26. The van der Waals surface area contributed by atoms with Crippen molar-refractivity contribution in [3.05, 3.63) is 17.8 Å². The molecule has 1 aromatic rings. The summed E-state index contributed by atoms with van der Waals surface area (Å²) in [5.74, 6) is -0.496. The number of methoxy groups -OCH3 is 1. The molecule has 2 N–H and O–H groups in total. The van der Waals surface area contributed by atoms with E-state index in [9.17, 15) is 13.6 Å². The van der Waals surface area contributed by atoms with E-state index in [4.69, 9.17) is 5.73 Å². The second-order valence-corrected chi connectivity index (χ2v) is 3.36. The number of rotatable bonds is 4. The van der Waals surface area contributed by atoms with Crippen LogP contribution >= 0.6 is 0 Å². The summed E-state index contributed by atoms with van der Waals surface area (Å²) in [5.41, 5.74) is 5.83. The molecule has 0 aliphatic rings. The summed E-state index contributed by atoms with van der Waals surface area (Å²) in [5, 5.41) is 0. The summed E-state index contributed by atoms with van der Waals surface area (Å²) in [4.78, 5) is 16.4. The van der Waals surface area contributed by atoms with Crippen LogP contribution < -0.4 is 10.6 Å². The van der Waals surface area contributed by atoms with Gasteiger partial charge in [-0.2, -0.15) is 0 Å². The summed E-state index contributed by atoms with van der Waals surface area (Å²) in [7, 11) is 2.64. The molecule has 0 amide bonds. The second kappa shape index (κ2) is 5.42. The first-order chi connectivity index (χ1) is 7.97. The Morgan fingerprint density at radius 3 is 2.82 bits per heavy atom. The number of pyridine rings is 1. The monoisotopic (exact) mass is 245 g/mol. The maximum atomic E-state index is 12.2. The third-order valence-electron chi connectivity index (χ3n) is 2.15. The molecule has 94 valence electrons. The zero-order valence-corrected chi connectivity index (χ0v) is 9.48. The van der Waals surface area contributed by atoms with Crippen molar-refractivity contribution >= 4 is 17.5 Å². The maximum Gasteiger partial charge on any atom is 0.340 e. The number of nitrogens with two attached hydrogens (primary N) is 1. The molecule has 0 aliphatic carbocycles. The minimum atomic E-state index is -2.51. The molecule has 0 fully saturated rings. The van der Waals surface area contributed by atoms with Gasteiger partial charge in [-0.25, -0.2) is 18.6 Å². The number of aromatic nitrogens is 1. The molecule has 1 aromatic heterocycles.